The van der Waals surface area contributed by atoms with Crippen LogP contribution >= 0.6 is 12.6 Å². The first-order chi connectivity index (χ1) is 5.46. The lowest BCUT2D eigenvalue weighted by atomic mass is 10.1. The molecule has 68 valence electrons. The number of carboxylic acid groups (broad SMARTS) is 2. The maximum absolute atomic E-state index is 10.4. The molecule has 1 fully saturated rings. The van der Waals surface area contributed by atoms with E-state index in [0.29, 0.717) is 0 Å². The monoisotopic (exact) mass is 191 g/mol. The third-order valence-electron chi connectivity index (χ3n) is 2.02. The molecular formula is C6H9NO4S. The van der Waals surface area contributed by atoms with E-state index < -0.39 is 35.1 Å². The normalized spacial score (nSPS) is 35.7. The number of hydrogen-bond donors (Lipinski definition) is 4. The molecule has 1 aliphatic rings. The van der Waals surface area contributed by atoms with Crippen molar-refractivity contribution in [2.45, 2.75) is 11.3 Å². The Kier molecular flexibility index (Phi) is 2.29. The minimum Gasteiger partial charge on any atom is -0.481 e. The van der Waals surface area contributed by atoms with Gasteiger partial charge in [-0.3, -0.25) is 9.59 Å². The average molecular weight is 191 g/mol. The van der Waals surface area contributed by atoms with Gasteiger partial charge in [-0.15, -0.1) is 0 Å². The Bertz CT molecular complexity index is 216. The van der Waals surface area contributed by atoms with E-state index in [4.69, 9.17) is 15.9 Å². The maximum Gasteiger partial charge on any atom is 0.320 e. The van der Waals surface area contributed by atoms with Gasteiger partial charge in [-0.2, -0.15) is 12.6 Å². The molecule has 6 heteroatoms. The molecular weight excluding hydrogens is 182 g/mol. The summed E-state index contributed by atoms with van der Waals surface area (Å²) in [5, 5.41) is 16.6. The van der Waals surface area contributed by atoms with Crippen LogP contribution in [0.15, 0.2) is 0 Å². The maximum atomic E-state index is 10.4. The molecule has 4 atom stereocenters. The predicted octanol–water partition coefficient (Wildman–Crippen LogP) is -0.973. The van der Waals surface area contributed by atoms with Gasteiger partial charge in [-0.1, -0.05) is 0 Å². The number of rotatable bonds is 3. The van der Waals surface area contributed by atoms with Crippen LogP contribution < -0.4 is 5.73 Å². The number of nitrogens with two attached hydrogens (primary N) is 1. The molecule has 0 aliphatic heterocycles. The van der Waals surface area contributed by atoms with Gasteiger partial charge in [0.2, 0.25) is 0 Å². The van der Waals surface area contributed by atoms with Crippen molar-refractivity contribution in [3.05, 3.63) is 0 Å². The Hall–Kier alpha value is -0.750. The minimum atomic E-state index is -1.18. The largest absolute Gasteiger partial charge is 0.481 e. The van der Waals surface area contributed by atoms with E-state index >= 15 is 0 Å². The van der Waals surface area contributed by atoms with Crippen LogP contribution in [-0.4, -0.2) is 33.4 Å². The molecule has 0 aromatic rings. The fraction of sp³-hybridized carbons (Fsp3) is 0.667. The molecule has 0 aromatic heterocycles. The van der Waals surface area contributed by atoms with Gasteiger partial charge >= 0.3 is 11.9 Å². The van der Waals surface area contributed by atoms with Gasteiger partial charge in [0.05, 0.1) is 5.92 Å². The van der Waals surface area contributed by atoms with Crippen molar-refractivity contribution in [1.82, 2.24) is 0 Å². The molecule has 0 spiro atoms. The van der Waals surface area contributed by atoms with Crippen molar-refractivity contribution in [2.24, 2.45) is 17.6 Å². The van der Waals surface area contributed by atoms with Crippen molar-refractivity contribution in [3.63, 3.8) is 0 Å². The summed E-state index contributed by atoms with van der Waals surface area (Å²) in [6, 6.07) is -1.12. The van der Waals surface area contributed by atoms with E-state index in [1.54, 1.807) is 0 Å². The van der Waals surface area contributed by atoms with E-state index in [-0.39, 0.29) is 0 Å². The highest BCUT2D eigenvalue weighted by Crippen LogP contribution is 2.45. The summed E-state index contributed by atoms with van der Waals surface area (Å²) in [5.74, 6) is -3.46. The highest BCUT2D eigenvalue weighted by molar-refractivity contribution is 7.81. The number of carbonyl (C=O) groups is 2. The lowest BCUT2D eigenvalue weighted by Crippen LogP contribution is -2.34. The molecule has 5 nitrogen and oxygen atoms in total. The average Bonchev–Trinajstić information content (AvgIpc) is 2.59. The first-order valence-corrected chi connectivity index (χ1v) is 3.87. The van der Waals surface area contributed by atoms with Gasteiger partial charge in [0, 0.05) is 11.2 Å². The number of thiol groups is 1. The molecule has 0 bridgehead atoms. The Balaban J connectivity index is 2.58. The number of hydrogen-bond acceptors (Lipinski definition) is 4. The summed E-state index contributed by atoms with van der Waals surface area (Å²) in [6.07, 6.45) is 0. The van der Waals surface area contributed by atoms with Gasteiger partial charge in [0.25, 0.3) is 0 Å². The Morgan fingerprint density at radius 2 is 1.92 bits per heavy atom. The summed E-state index contributed by atoms with van der Waals surface area (Å²) >= 11 is 3.92. The molecule has 0 saturated heterocycles. The van der Waals surface area contributed by atoms with Crippen LogP contribution in [0.1, 0.15) is 0 Å². The van der Waals surface area contributed by atoms with Gasteiger partial charge < -0.3 is 15.9 Å². The Morgan fingerprint density at radius 1 is 1.42 bits per heavy atom. The fourth-order valence-corrected chi connectivity index (χ4v) is 1.83. The molecule has 0 aromatic carbocycles. The van der Waals surface area contributed by atoms with Crippen molar-refractivity contribution in [2.75, 3.05) is 0 Å². The Labute approximate surface area is 74.0 Å². The number of aliphatic carboxylic acids is 2. The standard InChI is InChI=1S/C6H9NO4S/c7-3(6(10)11)1-2(4(1)12)5(8)9/h1-4,12H,7H2,(H,8,9)(H,10,11)/t1?,2-,3-,4+/m1/s1. The summed E-state index contributed by atoms with van der Waals surface area (Å²) in [7, 11) is 0. The van der Waals surface area contributed by atoms with Crippen molar-refractivity contribution in [1.29, 1.82) is 0 Å². The highest BCUT2D eigenvalue weighted by atomic mass is 32.1. The topological polar surface area (TPSA) is 101 Å². The van der Waals surface area contributed by atoms with E-state index in [0.717, 1.165) is 0 Å². The summed E-state index contributed by atoms with van der Waals surface area (Å²) in [6.45, 7) is 0. The summed E-state index contributed by atoms with van der Waals surface area (Å²) < 4.78 is 0. The summed E-state index contributed by atoms with van der Waals surface area (Å²) in [4.78, 5) is 20.8. The van der Waals surface area contributed by atoms with Crippen LogP contribution in [0.3, 0.4) is 0 Å². The van der Waals surface area contributed by atoms with Crippen LogP contribution in [0.25, 0.3) is 0 Å². The zero-order chi connectivity index (χ0) is 9.46. The zero-order valence-electron chi connectivity index (χ0n) is 6.04. The molecule has 1 saturated carbocycles. The smallest absolute Gasteiger partial charge is 0.320 e. The molecule has 1 rings (SSSR count). The first kappa shape index (κ1) is 9.34. The van der Waals surface area contributed by atoms with Gasteiger partial charge in [-0.25, -0.2) is 0 Å². The van der Waals surface area contributed by atoms with Gasteiger partial charge in [0.1, 0.15) is 6.04 Å². The van der Waals surface area contributed by atoms with Crippen molar-refractivity contribution < 1.29 is 19.8 Å². The molecule has 4 N–H and O–H groups in total. The van der Waals surface area contributed by atoms with Crippen LogP contribution in [-0.2, 0) is 9.59 Å². The van der Waals surface area contributed by atoms with Gasteiger partial charge in [0.15, 0.2) is 0 Å². The number of carboxylic acids is 2. The third kappa shape index (κ3) is 1.39. The highest BCUT2D eigenvalue weighted by Gasteiger charge is 2.57. The van der Waals surface area contributed by atoms with Gasteiger partial charge in [-0.05, 0) is 0 Å². The molecule has 12 heavy (non-hydrogen) atoms. The lowest BCUT2D eigenvalue weighted by Gasteiger charge is -2.02. The van der Waals surface area contributed by atoms with Crippen LogP contribution in [0.2, 0.25) is 0 Å². The molecule has 1 unspecified atom stereocenters. The van der Waals surface area contributed by atoms with Crippen molar-refractivity contribution in [3.8, 4) is 0 Å². The van der Waals surface area contributed by atoms with E-state index in [1.165, 1.54) is 0 Å². The van der Waals surface area contributed by atoms with Crippen LogP contribution in [0.4, 0.5) is 0 Å². The molecule has 0 amide bonds. The third-order valence-corrected chi connectivity index (χ3v) is 2.69. The molecule has 0 heterocycles. The predicted molar refractivity (Wildman–Crippen MR) is 43.0 cm³/mol. The van der Waals surface area contributed by atoms with Crippen molar-refractivity contribution >= 4 is 24.6 Å². The van der Waals surface area contributed by atoms with E-state index in [9.17, 15) is 9.59 Å². The molecule has 1 aliphatic carbocycles. The second kappa shape index (κ2) is 2.95. The second-order valence-electron chi connectivity index (χ2n) is 2.80. The lowest BCUT2D eigenvalue weighted by molar-refractivity contribution is -0.140. The zero-order valence-corrected chi connectivity index (χ0v) is 6.94. The van der Waals surface area contributed by atoms with E-state index in [2.05, 4.69) is 12.6 Å². The first-order valence-electron chi connectivity index (χ1n) is 3.36. The SMILES string of the molecule is N[C@@H](C(=O)O)C1[C@@H](C(=O)O)[C@H]1S. The molecule has 0 radical (unpaired) electrons. The van der Waals surface area contributed by atoms with E-state index in [1.807, 2.05) is 0 Å². The quantitative estimate of drug-likeness (QED) is 0.430. The fourth-order valence-electron chi connectivity index (χ4n) is 1.23. The Morgan fingerprint density at radius 3 is 2.17 bits per heavy atom. The minimum absolute atomic E-state index is 0.423. The summed E-state index contributed by atoms with van der Waals surface area (Å²) in [5.41, 5.74) is 5.23. The second-order valence-corrected chi connectivity index (χ2v) is 3.39. The van der Waals surface area contributed by atoms with Crippen LogP contribution in [0.5, 0.6) is 0 Å². The van der Waals surface area contributed by atoms with Crippen LogP contribution in [0, 0.1) is 11.8 Å².